The first-order valence-electron chi connectivity index (χ1n) is 12.8. The molecule has 3 aromatic carbocycles. The van der Waals surface area contributed by atoms with Gasteiger partial charge in [0, 0.05) is 26.2 Å². The number of sulfonamides is 2. The molecule has 39 heavy (non-hydrogen) atoms. The molecule has 3 aromatic rings. The number of hydrogen-bond acceptors (Lipinski definition) is 6. The molecule has 0 spiro atoms. The van der Waals surface area contributed by atoms with Crippen LogP contribution in [0.2, 0.25) is 0 Å². The van der Waals surface area contributed by atoms with Crippen LogP contribution in [0.1, 0.15) is 30.9 Å². The maximum absolute atomic E-state index is 13.5. The molecule has 0 atom stereocenters. The number of nitrogens with one attached hydrogen (secondary N) is 1. The van der Waals surface area contributed by atoms with E-state index in [9.17, 15) is 21.6 Å². The highest BCUT2D eigenvalue weighted by molar-refractivity contribution is 7.89. The second-order valence-corrected chi connectivity index (χ2v) is 13.1. The van der Waals surface area contributed by atoms with Crippen LogP contribution < -0.4 is 10.1 Å². The van der Waals surface area contributed by atoms with Crippen molar-refractivity contribution in [3.63, 3.8) is 0 Å². The van der Waals surface area contributed by atoms with Crippen LogP contribution in [-0.4, -0.2) is 57.6 Å². The molecule has 0 unspecified atom stereocenters. The van der Waals surface area contributed by atoms with Gasteiger partial charge in [-0.1, -0.05) is 42.5 Å². The van der Waals surface area contributed by atoms with Gasteiger partial charge in [-0.25, -0.2) is 16.8 Å². The third kappa shape index (κ3) is 7.24. The average molecular weight is 572 g/mol. The average Bonchev–Trinajstić information content (AvgIpc) is 3.49. The Hall–Kier alpha value is -3.25. The van der Waals surface area contributed by atoms with Crippen LogP contribution in [0.4, 0.5) is 0 Å². The van der Waals surface area contributed by atoms with Crippen molar-refractivity contribution in [2.24, 2.45) is 0 Å². The van der Waals surface area contributed by atoms with E-state index in [4.69, 9.17) is 4.74 Å². The largest absolute Gasteiger partial charge is 0.494 e. The summed E-state index contributed by atoms with van der Waals surface area (Å²) < 4.78 is 60.5. The molecule has 0 bridgehead atoms. The molecule has 1 amide bonds. The Morgan fingerprint density at radius 2 is 1.46 bits per heavy atom. The van der Waals surface area contributed by atoms with Gasteiger partial charge in [-0.3, -0.25) is 4.79 Å². The second-order valence-electron chi connectivity index (χ2n) is 9.19. The fourth-order valence-corrected chi connectivity index (χ4v) is 7.21. The first-order chi connectivity index (χ1) is 18.7. The molecule has 4 rings (SSSR count). The lowest BCUT2D eigenvalue weighted by Crippen LogP contribution is -2.40. The third-order valence-corrected chi connectivity index (χ3v) is 10.1. The Balaban J connectivity index is 1.44. The van der Waals surface area contributed by atoms with Crippen LogP contribution >= 0.6 is 0 Å². The zero-order chi connectivity index (χ0) is 27.9. The fourth-order valence-electron chi connectivity index (χ4n) is 4.31. The van der Waals surface area contributed by atoms with E-state index in [0.29, 0.717) is 31.0 Å². The first-order valence-corrected chi connectivity index (χ1v) is 15.7. The number of carbonyl (C=O) groups is 1. The monoisotopic (exact) mass is 571 g/mol. The van der Waals surface area contributed by atoms with E-state index in [-0.39, 0.29) is 29.4 Å². The van der Waals surface area contributed by atoms with Gasteiger partial charge in [0.25, 0.3) is 0 Å². The van der Waals surface area contributed by atoms with Gasteiger partial charge in [0.05, 0.1) is 22.9 Å². The summed E-state index contributed by atoms with van der Waals surface area (Å²) >= 11 is 0. The van der Waals surface area contributed by atoms with Crippen LogP contribution in [0.3, 0.4) is 0 Å². The van der Waals surface area contributed by atoms with Gasteiger partial charge < -0.3 is 10.1 Å². The Morgan fingerprint density at radius 1 is 0.846 bits per heavy atom. The summed E-state index contributed by atoms with van der Waals surface area (Å²) in [6.07, 6.45) is 1.72. The fraction of sp³-hybridized carbons (Fsp3) is 0.321. The van der Waals surface area contributed by atoms with Gasteiger partial charge in [0.2, 0.25) is 26.0 Å². The molecular formula is C28H33N3O6S2. The first kappa shape index (κ1) is 28.8. The minimum absolute atomic E-state index is 0.0207. The molecule has 1 fully saturated rings. The van der Waals surface area contributed by atoms with Crippen molar-refractivity contribution in [2.75, 3.05) is 26.2 Å². The van der Waals surface area contributed by atoms with Crippen molar-refractivity contribution in [2.45, 2.75) is 42.6 Å². The molecule has 9 nitrogen and oxygen atoms in total. The van der Waals surface area contributed by atoms with E-state index in [2.05, 4.69) is 5.32 Å². The van der Waals surface area contributed by atoms with Gasteiger partial charge in [-0.05, 0) is 67.3 Å². The Bertz CT molecular complexity index is 1450. The molecule has 1 aliphatic rings. The molecular weight excluding hydrogens is 538 g/mol. The van der Waals surface area contributed by atoms with Crippen LogP contribution in [-0.2, 0) is 37.9 Å². The molecule has 11 heteroatoms. The van der Waals surface area contributed by atoms with Crippen molar-refractivity contribution in [3.8, 4) is 5.75 Å². The molecule has 208 valence electrons. The summed E-state index contributed by atoms with van der Waals surface area (Å²) in [5.74, 6) is 0.0808. The highest BCUT2D eigenvalue weighted by Gasteiger charge is 2.28. The number of nitrogens with zero attached hydrogens (tertiary/aromatic N) is 2. The molecule has 0 saturated carbocycles. The number of ether oxygens (including phenoxy) is 1. The second kappa shape index (κ2) is 12.7. The standard InChI is InChI=1S/C28H33N3O6S2/c1-2-37-25-12-16-27(17-13-25)39(35,36)31(21-24-8-4-3-5-9-24)22-28(32)29-20-23-10-14-26(15-11-23)38(33,34)30-18-6-7-19-30/h3-5,8-17H,2,6-7,18-22H2,1H3,(H,29,32). The molecule has 1 N–H and O–H groups in total. The molecule has 1 aliphatic heterocycles. The van der Waals surface area contributed by atoms with E-state index >= 15 is 0 Å². The van der Waals surface area contributed by atoms with Crippen LogP contribution in [0, 0.1) is 0 Å². The predicted molar refractivity (Wildman–Crippen MR) is 148 cm³/mol. The summed E-state index contributed by atoms with van der Waals surface area (Å²) in [4.78, 5) is 13.2. The Kier molecular flexibility index (Phi) is 9.39. The van der Waals surface area contributed by atoms with Gasteiger partial charge in [-0.15, -0.1) is 0 Å². The highest BCUT2D eigenvalue weighted by Crippen LogP contribution is 2.23. The number of hydrogen-bond donors (Lipinski definition) is 1. The lowest BCUT2D eigenvalue weighted by atomic mass is 10.2. The summed E-state index contributed by atoms with van der Waals surface area (Å²) in [5, 5.41) is 2.75. The Morgan fingerprint density at radius 3 is 2.08 bits per heavy atom. The van der Waals surface area contributed by atoms with Gasteiger partial charge in [-0.2, -0.15) is 8.61 Å². The number of benzene rings is 3. The summed E-state index contributed by atoms with van der Waals surface area (Å²) in [7, 11) is -7.51. The number of carbonyl (C=O) groups excluding carboxylic acids is 1. The van der Waals surface area contributed by atoms with Crippen molar-refractivity contribution in [3.05, 3.63) is 90.0 Å². The smallest absolute Gasteiger partial charge is 0.243 e. The third-order valence-electron chi connectivity index (χ3n) is 6.41. The minimum Gasteiger partial charge on any atom is -0.494 e. The van der Waals surface area contributed by atoms with E-state index < -0.39 is 26.0 Å². The molecule has 0 aromatic heterocycles. The molecule has 1 heterocycles. The van der Waals surface area contributed by atoms with E-state index in [1.165, 1.54) is 28.6 Å². The SMILES string of the molecule is CCOc1ccc(S(=O)(=O)N(CC(=O)NCc2ccc(S(=O)(=O)N3CCCC3)cc2)Cc2ccccc2)cc1. The van der Waals surface area contributed by atoms with Crippen molar-refractivity contribution >= 4 is 26.0 Å². The van der Waals surface area contributed by atoms with Crippen molar-refractivity contribution in [1.82, 2.24) is 13.9 Å². The molecule has 0 aliphatic carbocycles. The maximum atomic E-state index is 13.5. The lowest BCUT2D eigenvalue weighted by molar-refractivity contribution is -0.121. The van der Waals surface area contributed by atoms with E-state index in [0.717, 1.165) is 22.7 Å². The van der Waals surface area contributed by atoms with Crippen LogP contribution in [0.5, 0.6) is 5.75 Å². The minimum atomic E-state index is -3.99. The lowest BCUT2D eigenvalue weighted by Gasteiger charge is -2.22. The highest BCUT2D eigenvalue weighted by atomic mass is 32.2. The van der Waals surface area contributed by atoms with Gasteiger partial charge >= 0.3 is 0 Å². The van der Waals surface area contributed by atoms with Crippen molar-refractivity contribution < 1.29 is 26.4 Å². The van der Waals surface area contributed by atoms with Crippen LogP contribution in [0.15, 0.2) is 88.7 Å². The zero-order valence-corrected chi connectivity index (χ0v) is 23.5. The number of rotatable bonds is 12. The normalized spacial score (nSPS) is 14.4. The molecule has 0 radical (unpaired) electrons. The number of amides is 1. The van der Waals surface area contributed by atoms with E-state index in [1.807, 2.05) is 25.1 Å². The van der Waals surface area contributed by atoms with Crippen LogP contribution in [0.25, 0.3) is 0 Å². The summed E-state index contributed by atoms with van der Waals surface area (Å²) in [5.41, 5.74) is 1.45. The molecule has 1 saturated heterocycles. The quantitative estimate of drug-likeness (QED) is 0.357. The maximum Gasteiger partial charge on any atom is 0.243 e. The topological polar surface area (TPSA) is 113 Å². The summed E-state index contributed by atoms with van der Waals surface area (Å²) in [6, 6.07) is 21.5. The summed E-state index contributed by atoms with van der Waals surface area (Å²) in [6.45, 7) is 3.13. The zero-order valence-electron chi connectivity index (χ0n) is 21.8. The predicted octanol–water partition coefficient (Wildman–Crippen LogP) is 3.38. The van der Waals surface area contributed by atoms with Crippen molar-refractivity contribution in [1.29, 1.82) is 0 Å². The van der Waals surface area contributed by atoms with Gasteiger partial charge in [0.15, 0.2) is 0 Å². The Labute approximate surface area is 230 Å². The van der Waals surface area contributed by atoms with Gasteiger partial charge in [0.1, 0.15) is 5.75 Å². The van der Waals surface area contributed by atoms with E-state index in [1.54, 1.807) is 36.4 Å².